The van der Waals surface area contributed by atoms with Crippen LogP contribution in [0.15, 0.2) is 35.2 Å². The molecule has 1 unspecified atom stereocenters. The van der Waals surface area contributed by atoms with Gasteiger partial charge in [0, 0.05) is 5.69 Å². The zero-order valence-corrected chi connectivity index (χ0v) is 20.1. The summed E-state index contributed by atoms with van der Waals surface area (Å²) in [6.07, 6.45) is -1.13. The van der Waals surface area contributed by atoms with Gasteiger partial charge in [0.2, 0.25) is 10.0 Å². The molecule has 0 radical (unpaired) electrons. The summed E-state index contributed by atoms with van der Waals surface area (Å²) in [5.41, 5.74) is 3.47. The molecule has 10 heteroatoms. The number of carbonyl (C=O) groups excluding carboxylic acids is 2. The van der Waals surface area contributed by atoms with Gasteiger partial charge in [0.25, 0.3) is 5.91 Å². The van der Waals surface area contributed by atoms with Gasteiger partial charge in [-0.2, -0.15) is 4.72 Å². The molecule has 0 aliphatic rings. The van der Waals surface area contributed by atoms with Gasteiger partial charge in [-0.15, -0.1) is 0 Å². The van der Waals surface area contributed by atoms with E-state index in [0.29, 0.717) is 5.69 Å². The number of anilines is 1. The van der Waals surface area contributed by atoms with E-state index >= 15 is 0 Å². The molecule has 0 saturated heterocycles. The van der Waals surface area contributed by atoms with Gasteiger partial charge >= 0.3 is 5.97 Å². The predicted molar refractivity (Wildman–Crippen MR) is 121 cm³/mol. The minimum Gasteiger partial charge on any atom is -0.451 e. The van der Waals surface area contributed by atoms with Crippen molar-refractivity contribution in [2.45, 2.75) is 51.7 Å². The normalized spacial score (nSPS) is 13.4. The van der Waals surface area contributed by atoms with Crippen molar-refractivity contribution in [2.24, 2.45) is 0 Å². The Hall–Kier alpha value is -2.13. The zero-order valence-electron chi connectivity index (χ0n) is 17.7. The lowest BCUT2D eigenvalue weighted by Crippen LogP contribution is -2.42. The van der Waals surface area contributed by atoms with Crippen molar-refractivity contribution < 1.29 is 22.7 Å². The van der Waals surface area contributed by atoms with Crippen LogP contribution in [0.25, 0.3) is 0 Å². The highest BCUT2D eigenvalue weighted by Gasteiger charge is 2.27. The maximum Gasteiger partial charge on any atom is 0.324 e. The molecule has 0 aliphatic carbocycles. The molecule has 2 aromatic rings. The molecule has 0 spiro atoms. The maximum absolute atomic E-state index is 12.5. The first-order chi connectivity index (χ1) is 14.3. The Morgan fingerprint density at radius 3 is 2.10 bits per heavy atom. The summed E-state index contributed by atoms with van der Waals surface area (Å²) >= 11 is 11.7. The summed E-state index contributed by atoms with van der Waals surface area (Å²) < 4.78 is 32.3. The summed E-state index contributed by atoms with van der Waals surface area (Å²) in [6, 6.07) is 6.39. The zero-order chi connectivity index (χ0) is 23.5. The number of ether oxygens (including phenoxy) is 1. The molecule has 2 rings (SSSR count). The van der Waals surface area contributed by atoms with Gasteiger partial charge in [-0.1, -0.05) is 40.9 Å². The summed E-state index contributed by atoms with van der Waals surface area (Å²) in [7, 11) is -4.06. The van der Waals surface area contributed by atoms with Crippen LogP contribution in [0.3, 0.4) is 0 Å². The number of hydrogen-bond acceptors (Lipinski definition) is 5. The molecule has 0 heterocycles. The van der Waals surface area contributed by atoms with Crippen molar-refractivity contribution in [3.8, 4) is 0 Å². The first kappa shape index (κ1) is 25.1. The fourth-order valence-electron chi connectivity index (χ4n) is 2.92. The number of amides is 1. The Kier molecular flexibility index (Phi) is 8.10. The molecule has 0 aliphatic heterocycles. The topological polar surface area (TPSA) is 102 Å². The number of sulfonamides is 1. The van der Waals surface area contributed by atoms with Gasteiger partial charge < -0.3 is 10.1 Å². The van der Waals surface area contributed by atoms with E-state index in [2.05, 4.69) is 10.0 Å². The number of aryl methyl sites for hydroxylation is 3. The van der Waals surface area contributed by atoms with Crippen molar-refractivity contribution in [3.05, 3.63) is 57.1 Å². The Morgan fingerprint density at radius 2 is 1.55 bits per heavy atom. The standard InChI is InChI=1S/C21H24Cl2N2O5S/c1-11-8-12(2)19(13(3)9-11)24-20(26)15(5)30-21(27)14(4)25-31(28,29)16-6-7-17(22)18(23)10-16/h6-10,14-15,25H,1-5H3,(H,24,26)/t14-,15?/m0/s1. The third kappa shape index (κ3) is 6.43. The summed E-state index contributed by atoms with van der Waals surface area (Å²) in [5, 5.41) is 3.02. The fraction of sp³-hybridized carbons (Fsp3) is 0.333. The van der Waals surface area contributed by atoms with Crippen LogP contribution in [0.4, 0.5) is 5.69 Å². The predicted octanol–water partition coefficient (Wildman–Crippen LogP) is 4.16. The molecule has 2 N–H and O–H groups in total. The first-order valence-electron chi connectivity index (χ1n) is 9.38. The Balaban J connectivity index is 2.03. The van der Waals surface area contributed by atoms with Crippen LogP contribution in [0.5, 0.6) is 0 Å². The molecule has 0 bridgehead atoms. The molecule has 1 amide bonds. The Labute approximate surface area is 192 Å². The Bertz CT molecular complexity index is 1100. The van der Waals surface area contributed by atoms with Gasteiger partial charge in [0.05, 0.1) is 14.9 Å². The molecule has 168 valence electrons. The third-order valence-corrected chi connectivity index (χ3v) is 6.75. The van der Waals surface area contributed by atoms with Crippen LogP contribution in [-0.2, 0) is 24.3 Å². The van der Waals surface area contributed by atoms with E-state index < -0.39 is 34.0 Å². The lowest BCUT2D eigenvalue weighted by atomic mass is 10.0. The fourth-order valence-corrected chi connectivity index (χ4v) is 4.51. The second-order valence-electron chi connectivity index (χ2n) is 7.26. The van der Waals surface area contributed by atoms with E-state index in [9.17, 15) is 18.0 Å². The van der Waals surface area contributed by atoms with Crippen LogP contribution in [0.2, 0.25) is 10.0 Å². The van der Waals surface area contributed by atoms with Gasteiger partial charge in [-0.05, 0) is 63.9 Å². The maximum atomic E-state index is 12.5. The van der Waals surface area contributed by atoms with Gasteiger partial charge in [0.1, 0.15) is 6.04 Å². The molecule has 2 aromatic carbocycles. The summed E-state index contributed by atoms with van der Waals surface area (Å²) in [4.78, 5) is 24.7. The second kappa shape index (κ2) is 9.99. The van der Waals surface area contributed by atoms with Crippen molar-refractivity contribution in [3.63, 3.8) is 0 Å². The van der Waals surface area contributed by atoms with Gasteiger partial charge in [0.15, 0.2) is 6.10 Å². The average Bonchev–Trinajstić information content (AvgIpc) is 2.65. The van der Waals surface area contributed by atoms with Crippen LogP contribution >= 0.6 is 23.2 Å². The summed E-state index contributed by atoms with van der Waals surface area (Å²) in [6.45, 7) is 8.41. The first-order valence-corrected chi connectivity index (χ1v) is 11.6. The molecule has 7 nitrogen and oxygen atoms in total. The van der Waals surface area contributed by atoms with Crippen molar-refractivity contribution in [2.75, 3.05) is 5.32 Å². The molecule has 2 atom stereocenters. The van der Waals surface area contributed by atoms with Gasteiger partial charge in [-0.25, -0.2) is 8.42 Å². The van der Waals surface area contributed by atoms with E-state index in [-0.39, 0.29) is 14.9 Å². The van der Waals surface area contributed by atoms with E-state index in [1.165, 1.54) is 32.0 Å². The number of benzene rings is 2. The van der Waals surface area contributed by atoms with Crippen molar-refractivity contribution in [1.82, 2.24) is 4.72 Å². The van der Waals surface area contributed by atoms with Crippen LogP contribution in [-0.4, -0.2) is 32.4 Å². The molecule has 0 fully saturated rings. The number of esters is 1. The molecule has 31 heavy (non-hydrogen) atoms. The number of halogens is 2. The highest BCUT2D eigenvalue weighted by atomic mass is 35.5. The van der Waals surface area contributed by atoms with E-state index in [0.717, 1.165) is 16.7 Å². The molecule has 0 saturated carbocycles. The molecule has 0 aromatic heterocycles. The molecular weight excluding hydrogens is 463 g/mol. The van der Waals surface area contributed by atoms with Crippen molar-refractivity contribution >= 4 is 50.8 Å². The number of hydrogen-bond donors (Lipinski definition) is 2. The average molecular weight is 487 g/mol. The Morgan fingerprint density at radius 1 is 0.968 bits per heavy atom. The lowest BCUT2D eigenvalue weighted by Gasteiger charge is -2.19. The molecular formula is C21H24Cl2N2O5S. The second-order valence-corrected chi connectivity index (χ2v) is 9.79. The van der Waals surface area contributed by atoms with E-state index in [4.69, 9.17) is 27.9 Å². The smallest absolute Gasteiger partial charge is 0.324 e. The lowest BCUT2D eigenvalue weighted by molar-refractivity contribution is -0.154. The quantitative estimate of drug-likeness (QED) is 0.572. The highest BCUT2D eigenvalue weighted by molar-refractivity contribution is 7.89. The summed E-state index contributed by atoms with van der Waals surface area (Å²) in [5.74, 6) is -1.42. The van der Waals surface area contributed by atoms with Gasteiger partial charge in [-0.3, -0.25) is 9.59 Å². The highest BCUT2D eigenvalue weighted by Crippen LogP contribution is 2.25. The SMILES string of the molecule is Cc1cc(C)c(NC(=O)C(C)OC(=O)[C@H](C)NS(=O)(=O)c2ccc(Cl)c(Cl)c2)c(C)c1. The van der Waals surface area contributed by atoms with E-state index in [1.807, 2.05) is 32.9 Å². The monoisotopic (exact) mass is 486 g/mol. The van der Waals surface area contributed by atoms with Crippen LogP contribution < -0.4 is 10.0 Å². The minimum atomic E-state index is -4.06. The number of nitrogens with one attached hydrogen (secondary N) is 2. The van der Waals surface area contributed by atoms with E-state index in [1.54, 1.807) is 0 Å². The largest absolute Gasteiger partial charge is 0.451 e. The third-order valence-electron chi connectivity index (χ3n) is 4.47. The number of carbonyl (C=O) groups is 2. The van der Waals surface area contributed by atoms with Crippen molar-refractivity contribution in [1.29, 1.82) is 0 Å². The van der Waals surface area contributed by atoms with Crippen LogP contribution in [0, 0.1) is 20.8 Å². The number of rotatable bonds is 7. The van der Waals surface area contributed by atoms with Crippen LogP contribution in [0.1, 0.15) is 30.5 Å². The minimum absolute atomic E-state index is 0.0618.